The van der Waals surface area contributed by atoms with E-state index in [1.165, 1.54) is 205 Å². The topological polar surface area (TPSA) is 111 Å². The maximum absolute atomic E-state index is 13.6. The van der Waals surface area contributed by atoms with Gasteiger partial charge in [0.2, 0.25) is 5.91 Å². The minimum atomic E-state index is -4.46. The van der Waals surface area contributed by atoms with Crippen LogP contribution in [0.1, 0.15) is 329 Å². The highest BCUT2D eigenvalue weighted by atomic mass is 31.2. The van der Waals surface area contributed by atoms with Crippen LogP contribution in [0.15, 0.2) is 60.8 Å². The number of phosphoric acid groups is 1. The van der Waals surface area contributed by atoms with Crippen LogP contribution in [0.4, 0.5) is 0 Å². The van der Waals surface area contributed by atoms with Crippen molar-refractivity contribution in [2.45, 2.75) is 341 Å². The van der Waals surface area contributed by atoms with Crippen LogP contribution in [-0.2, 0) is 27.9 Å². The van der Waals surface area contributed by atoms with Gasteiger partial charge in [-0.15, -0.1) is 0 Å². The number of hydrogen-bond acceptors (Lipinski definition) is 6. The molecule has 0 aromatic heterocycles. The third-order valence-corrected chi connectivity index (χ3v) is 16.4. The summed E-state index contributed by atoms with van der Waals surface area (Å²) in [6, 6.07) is -0.853. The van der Waals surface area contributed by atoms with Crippen molar-refractivity contribution < 1.29 is 37.3 Å². The molecule has 0 radical (unpaired) electrons. The Labute approximate surface area is 502 Å². The van der Waals surface area contributed by atoms with Crippen LogP contribution >= 0.6 is 7.82 Å². The minimum absolute atomic E-state index is 0.0388. The van der Waals surface area contributed by atoms with Gasteiger partial charge in [0.15, 0.2) is 0 Å². The fourth-order valence-electron chi connectivity index (χ4n) is 10.1. The standard InChI is InChI=1S/C71H133N2O7P/c1-7-10-13-16-19-22-25-28-30-32-34-35-36-37-39-41-43-46-49-52-55-58-61-64-71(75)80-69(62-59-56-53-50-47-44-27-24-21-18-15-12-9-3)68(67-79-81(76,77)78-66-65-73(4,5)6)72-70(74)63-60-57-54-51-48-45-42-40-38-33-31-29-26-23-20-17-14-11-8-2/h19,22,28,30,34-35,37,39,59,62,68-69H,7-18,20-21,23-27,29,31-33,36,38,40-58,60-61,63-67H2,1-6H3,(H-,72,74,76,77)/p+1/b22-19-,30-28-,35-34-,39-37-,62-59+. The lowest BCUT2D eigenvalue weighted by Crippen LogP contribution is -2.47. The van der Waals surface area contributed by atoms with E-state index in [2.05, 4.69) is 74.7 Å². The lowest BCUT2D eigenvalue weighted by Gasteiger charge is -2.27. The van der Waals surface area contributed by atoms with Gasteiger partial charge in [0.25, 0.3) is 0 Å². The predicted molar refractivity (Wildman–Crippen MR) is 351 cm³/mol. The molecule has 10 heteroatoms. The van der Waals surface area contributed by atoms with Crippen LogP contribution in [0.25, 0.3) is 0 Å². The number of allylic oxidation sites excluding steroid dienone is 9. The molecule has 0 bridgehead atoms. The summed E-state index contributed by atoms with van der Waals surface area (Å²) >= 11 is 0. The lowest BCUT2D eigenvalue weighted by atomic mass is 10.0. The fourth-order valence-corrected chi connectivity index (χ4v) is 10.8. The molecular formula is C71H134N2O7P+. The molecule has 0 saturated carbocycles. The number of quaternary nitrogens is 1. The number of likely N-dealkylation sites (N-methyl/N-ethyl adjacent to an activating group) is 1. The van der Waals surface area contributed by atoms with Crippen LogP contribution in [0.3, 0.4) is 0 Å². The highest BCUT2D eigenvalue weighted by Crippen LogP contribution is 2.43. The second-order valence-corrected chi connectivity index (χ2v) is 26.2. The summed E-state index contributed by atoms with van der Waals surface area (Å²) in [5.74, 6) is -0.504. The molecule has 0 aromatic rings. The monoisotopic (exact) mass is 1160 g/mol. The van der Waals surface area contributed by atoms with Gasteiger partial charge in [-0.05, 0) is 76.7 Å². The zero-order chi connectivity index (χ0) is 59.3. The number of amides is 1. The molecule has 2 N–H and O–H groups in total. The molecule has 0 heterocycles. The number of carbonyl (C=O) groups excluding carboxylic acids is 2. The maximum Gasteiger partial charge on any atom is 0.472 e. The molecule has 3 unspecified atom stereocenters. The zero-order valence-electron chi connectivity index (χ0n) is 54.3. The first kappa shape index (κ1) is 78.7. The van der Waals surface area contributed by atoms with Crippen molar-refractivity contribution in [2.75, 3.05) is 40.9 Å². The van der Waals surface area contributed by atoms with Crippen molar-refractivity contribution in [3.63, 3.8) is 0 Å². The van der Waals surface area contributed by atoms with Crippen LogP contribution in [-0.4, -0.2) is 74.3 Å². The highest BCUT2D eigenvalue weighted by molar-refractivity contribution is 7.47. The second kappa shape index (κ2) is 60.8. The number of unbranched alkanes of at least 4 members (excludes halogenated alkanes) is 39. The van der Waals surface area contributed by atoms with Gasteiger partial charge < -0.3 is 19.4 Å². The smallest absolute Gasteiger partial charge is 0.456 e. The highest BCUT2D eigenvalue weighted by Gasteiger charge is 2.30. The SMILES string of the molecule is CCCCC/C=C\C/C=C\C/C=C\C/C=C\CCCCCCCCCC(=O)OC(/C=C/CCCCCCCCCCCCC)C(COP(=O)(O)OCC[N+](C)(C)C)NC(=O)CCCCCCCCCCCCCCCCCCCCC. The molecule has 3 atom stereocenters. The van der Waals surface area contributed by atoms with Crippen molar-refractivity contribution in [2.24, 2.45) is 0 Å². The van der Waals surface area contributed by atoms with Gasteiger partial charge in [-0.1, -0.05) is 300 Å². The Morgan fingerprint density at radius 3 is 1.15 bits per heavy atom. The molecule has 0 spiro atoms. The van der Waals surface area contributed by atoms with E-state index in [1.54, 1.807) is 0 Å². The first-order valence-corrected chi connectivity index (χ1v) is 36.1. The Morgan fingerprint density at radius 2 is 0.753 bits per heavy atom. The van der Waals surface area contributed by atoms with Gasteiger partial charge in [0, 0.05) is 12.8 Å². The number of nitrogens with one attached hydrogen (secondary N) is 1. The van der Waals surface area contributed by atoms with Gasteiger partial charge in [-0.25, -0.2) is 4.57 Å². The van der Waals surface area contributed by atoms with E-state index in [-0.39, 0.29) is 31.5 Å². The zero-order valence-corrected chi connectivity index (χ0v) is 55.2. The van der Waals surface area contributed by atoms with E-state index in [9.17, 15) is 19.0 Å². The molecule has 0 saturated heterocycles. The number of rotatable bonds is 63. The normalized spacial score (nSPS) is 13.9. The predicted octanol–water partition coefficient (Wildman–Crippen LogP) is 21.8. The Bertz CT molecular complexity index is 1570. The molecule has 474 valence electrons. The molecule has 0 aliphatic carbocycles. The number of hydrogen-bond donors (Lipinski definition) is 2. The molecule has 0 aromatic carbocycles. The molecule has 0 aliphatic rings. The summed E-state index contributed by atoms with van der Waals surface area (Å²) in [4.78, 5) is 37.9. The Morgan fingerprint density at radius 1 is 0.432 bits per heavy atom. The van der Waals surface area contributed by atoms with Gasteiger partial charge in [0.1, 0.15) is 19.3 Å². The van der Waals surface area contributed by atoms with Crippen molar-refractivity contribution >= 4 is 19.7 Å². The summed E-state index contributed by atoms with van der Waals surface area (Å²) in [6.07, 6.45) is 77.9. The van der Waals surface area contributed by atoms with Crippen molar-refractivity contribution in [3.8, 4) is 0 Å². The van der Waals surface area contributed by atoms with Crippen LogP contribution in [0.2, 0.25) is 0 Å². The van der Waals surface area contributed by atoms with Gasteiger partial charge in [-0.3, -0.25) is 18.6 Å². The first-order valence-electron chi connectivity index (χ1n) is 34.6. The summed E-state index contributed by atoms with van der Waals surface area (Å²) in [7, 11) is 1.50. The number of esters is 1. The van der Waals surface area contributed by atoms with E-state index in [1.807, 2.05) is 33.3 Å². The summed E-state index contributed by atoms with van der Waals surface area (Å²) < 4.78 is 30.8. The number of carbonyl (C=O) groups is 2. The van der Waals surface area contributed by atoms with Crippen LogP contribution in [0, 0.1) is 0 Å². The largest absolute Gasteiger partial charge is 0.472 e. The van der Waals surface area contributed by atoms with E-state index < -0.39 is 20.0 Å². The average Bonchev–Trinajstić information content (AvgIpc) is 3.44. The van der Waals surface area contributed by atoms with Gasteiger partial charge >= 0.3 is 13.8 Å². The third kappa shape index (κ3) is 62.1. The number of ether oxygens (including phenoxy) is 1. The van der Waals surface area contributed by atoms with E-state index in [0.717, 1.165) is 89.9 Å². The van der Waals surface area contributed by atoms with Crippen molar-refractivity contribution in [1.29, 1.82) is 0 Å². The molecule has 0 fully saturated rings. The third-order valence-electron chi connectivity index (χ3n) is 15.5. The Hall–Kier alpha value is -2.29. The molecule has 0 aliphatic heterocycles. The molecular weight excluding hydrogens is 1020 g/mol. The van der Waals surface area contributed by atoms with Gasteiger partial charge in [-0.2, -0.15) is 0 Å². The molecule has 1 amide bonds. The molecule has 81 heavy (non-hydrogen) atoms. The summed E-state index contributed by atoms with van der Waals surface area (Å²) in [6.45, 7) is 7.02. The lowest BCUT2D eigenvalue weighted by molar-refractivity contribution is -0.870. The fraction of sp³-hybridized carbons (Fsp3) is 0.831. The van der Waals surface area contributed by atoms with E-state index in [0.29, 0.717) is 17.4 Å². The Balaban J connectivity index is 5.17. The van der Waals surface area contributed by atoms with Crippen LogP contribution in [0.5, 0.6) is 0 Å². The van der Waals surface area contributed by atoms with Crippen molar-refractivity contribution in [3.05, 3.63) is 60.8 Å². The average molecular weight is 1160 g/mol. The minimum Gasteiger partial charge on any atom is -0.456 e. The second-order valence-electron chi connectivity index (χ2n) is 24.7. The summed E-state index contributed by atoms with van der Waals surface area (Å²) in [5, 5.41) is 3.07. The Kier molecular flexibility index (Phi) is 59.1. The summed E-state index contributed by atoms with van der Waals surface area (Å²) in [5.41, 5.74) is 0. The number of nitrogens with zero attached hydrogens (tertiary/aromatic N) is 1. The van der Waals surface area contributed by atoms with E-state index >= 15 is 0 Å². The molecule has 0 rings (SSSR count). The van der Waals surface area contributed by atoms with E-state index in [4.69, 9.17) is 13.8 Å². The number of phosphoric ester groups is 1. The van der Waals surface area contributed by atoms with Crippen molar-refractivity contribution in [1.82, 2.24) is 5.32 Å². The van der Waals surface area contributed by atoms with Crippen LogP contribution < -0.4 is 5.32 Å². The quantitative estimate of drug-likeness (QED) is 0.0205. The van der Waals surface area contributed by atoms with Gasteiger partial charge in [0.05, 0.1) is 33.8 Å². The molecule has 9 nitrogen and oxygen atoms in total. The maximum atomic E-state index is 13.6. The first-order chi connectivity index (χ1) is 39.4.